The highest BCUT2D eigenvalue weighted by atomic mass is 32.1. The summed E-state index contributed by atoms with van der Waals surface area (Å²) in [4.78, 5) is 19.5. The smallest absolute Gasteiger partial charge is 0.264 e. The van der Waals surface area contributed by atoms with E-state index in [-0.39, 0.29) is 11.7 Å². The van der Waals surface area contributed by atoms with E-state index in [1.54, 1.807) is 23.5 Å². The van der Waals surface area contributed by atoms with E-state index in [0.717, 1.165) is 55.5 Å². The van der Waals surface area contributed by atoms with Crippen molar-refractivity contribution in [2.24, 2.45) is 5.92 Å². The topological polar surface area (TPSA) is 43.8 Å². The molecule has 0 spiro atoms. The van der Waals surface area contributed by atoms with E-state index in [9.17, 15) is 9.90 Å². The second-order valence-electron chi connectivity index (χ2n) is 7.20. The summed E-state index contributed by atoms with van der Waals surface area (Å²) >= 11 is 1.71. The van der Waals surface area contributed by atoms with E-state index >= 15 is 0 Å². The third-order valence-corrected chi connectivity index (χ3v) is 6.55. The van der Waals surface area contributed by atoms with Crippen molar-refractivity contribution in [2.45, 2.75) is 26.2 Å². The van der Waals surface area contributed by atoms with Crippen molar-refractivity contribution in [1.29, 1.82) is 0 Å². The van der Waals surface area contributed by atoms with Crippen LogP contribution < -0.4 is 4.90 Å². The summed E-state index contributed by atoms with van der Waals surface area (Å²) in [6.07, 6.45) is 3.49. The number of aryl methyl sites for hydroxylation is 1. The number of phenols is 1. The molecule has 1 aliphatic carbocycles. The van der Waals surface area contributed by atoms with Crippen molar-refractivity contribution in [3.63, 3.8) is 0 Å². The van der Waals surface area contributed by atoms with Crippen LogP contribution in [-0.2, 0) is 12.8 Å². The van der Waals surface area contributed by atoms with Gasteiger partial charge >= 0.3 is 0 Å². The molecule has 4 nitrogen and oxygen atoms in total. The Labute approximate surface area is 152 Å². The lowest BCUT2D eigenvalue weighted by molar-refractivity contribution is 0.0751. The number of nitrogens with zero attached hydrogens (tertiary/aromatic N) is 2. The fraction of sp³-hybridized carbons (Fsp3) is 0.450. The van der Waals surface area contributed by atoms with E-state index in [2.05, 4.69) is 17.9 Å². The number of carbonyl (C=O) groups excluding carboxylic acids is 1. The van der Waals surface area contributed by atoms with E-state index in [4.69, 9.17) is 0 Å². The number of anilines is 1. The highest BCUT2D eigenvalue weighted by Gasteiger charge is 2.26. The molecule has 0 radical (unpaired) electrons. The zero-order valence-electron chi connectivity index (χ0n) is 14.6. The molecule has 0 saturated carbocycles. The molecule has 2 aromatic rings. The number of aromatic hydroxyl groups is 1. The van der Waals surface area contributed by atoms with Gasteiger partial charge in [0.2, 0.25) is 0 Å². The van der Waals surface area contributed by atoms with Crippen LogP contribution in [0.2, 0.25) is 0 Å². The van der Waals surface area contributed by atoms with Gasteiger partial charge in [0.25, 0.3) is 5.91 Å². The van der Waals surface area contributed by atoms with E-state index in [1.807, 2.05) is 17.0 Å². The van der Waals surface area contributed by atoms with Gasteiger partial charge in [-0.2, -0.15) is 0 Å². The summed E-state index contributed by atoms with van der Waals surface area (Å²) in [6.45, 7) is 5.46. The summed E-state index contributed by atoms with van der Waals surface area (Å²) in [7, 11) is 0. The maximum Gasteiger partial charge on any atom is 0.264 e. The number of rotatable bonds is 2. The zero-order chi connectivity index (χ0) is 17.4. The molecule has 1 amide bonds. The second-order valence-corrected chi connectivity index (χ2v) is 8.34. The zero-order valence-corrected chi connectivity index (χ0v) is 15.4. The Morgan fingerprint density at radius 3 is 2.60 bits per heavy atom. The predicted molar refractivity (Wildman–Crippen MR) is 102 cm³/mol. The van der Waals surface area contributed by atoms with Crippen LogP contribution in [0.25, 0.3) is 0 Å². The molecule has 1 N–H and O–H groups in total. The molecule has 1 aromatic heterocycles. The number of phenolic OH excluding ortho intramolecular Hbond substituents is 1. The SMILES string of the molecule is CC1CCc2sc(C(=O)N3CCN(c4ccc(O)cc4)CC3)cc2C1. The Morgan fingerprint density at radius 2 is 1.88 bits per heavy atom. The van der Waals surface area contributed by atoms with Gasteiger partial charge in [-0.15, -0.1) is 11.3 Å². The monoisotopic (exact) mass is 356 g/mol. The van der Waals surface area contributed by atoms with Gasteiger partial charge in [-0.3, -0.25) is 4.79 Å². The van der Waals surface area contributed by atoms with E-state index in [0.29, 0.717) is 0 Å². The molecule has 4 rings (SSSR count). The third kappa shape index (κ3) is 3.38. The highest BCUT2D eigenvalue weighted by Crippen LogP contribution is 2.33. The van der Waals surface area contributed by atoms with E-state index in [1.165, 1.54) is 16.9 Å². The van der Waals surface area contributed by atoms with Gasteiger partial charge in [-0.05, 0) is 61.1 Å². The Balaban J connectivity index is 1.40. The number of hydrogen-bond acceptors (Lipinski definition) is 4. The van der Waals surface area contributed by atoms with Gasteiger partial charge < -0.3 is 14.9 Å². The van der Waals surface area contributed by atoms with Gasteiger partial charge in [-0.1, -0.05) is 6.92 Å². The maximum atomic E-state index is 12.9. The van der Waals surface area contributed by atoms with Gasteiger partial charge in [0.05, 0.1) is 4.88 Å². The van der Waals surface area contributed by atoms with Crippen LogP contribution in [0.3, 0.4) is 0 Å². The molecule has 1 atom stereocenters. The number of benzene rings is 1. The van der Waals surface area contributed by atoms with Crippen molar-refractivity contribution < 1.29 is 9.90 Å². The summed E-state index contributed by atoms with van der Waals surface area (Å²) in [5.74, 6) is 1.21. The van der Waals surface area contributed by atoms with Gasteiger partial charge in [0.15, 0.2) is 0 Å². The van der Waals surface area contributed by atoms with Crippen molar-refractivity contribution in [3.8, 4) is 5.75 Å². The van der Waals surface area contributed by atoms with Crippen molar-refractivity contribution in [1.82, 2.24) is 4.90 Å². The normalized spacial score (nSPS) is 20.4. The van der Waals surface area contributed by atoms with Crippen molar-refractivity contribution >= 4 is 22.9 Å². The molecule has 1 fully saturated rings. The Kier molecular flexibility index (Phi) is 4.42. The lowest BCUT2D eigenvalue weighted by atomic mass is 9.90. The molecular weight excluding hydrogens is 332 g/mol. The van der Waals surface area contributed by atoms with Crippen LogP contribution in [0.15, 0.2) is 30.3 Å². The number of carbonyl (C=O) groups is 1. The highest BCUT2D eigenvalue weighted by molar-refractivity contribution is 7.14. The Morgan fingerprint density at radius 1 is 1.16 bits per heavy atom. The predicted octanol–water partition coefficient (Wildman–Crippen LogP) is 3.54. The van der Waals surface area contributed by atoms with Crippen LogP contribution in [0.1, 0.15) is 33.5 Å². The Bertz CT molecular complexity index is 761. The molecular formula is C20H24N2O2S. The fourth-order valence-electron chi connectivity index (χ4n) is 3.80. The Hall–Kier alpha value is -2.01. The number of piperazine rings is 1. The first-order chi connectivity index (χ1) is 12.1. The third-order valence-electron chi connectivity index (χ3n) is 5.32. The summed E-state index contributed by atoms with van der Waals surface area (Å²) in [6, 6.07) is 9.43. The van der Waals surface area contributed by atoms with Gasteiger partial charge in [0.1, 0.15) is 5.75 Å². The fourth-order valence-corrected chi connectivity index (χ4v) is 4.97. The molecule has 1 unspecified atom stereocenters. The summed E-state index contributed by atoms with van der Waals surface area (Å²) < 4.78 is 0. The lowest BCUT2D eigenvalue weighted by Gasteiger charge is -2.36. The van der Waals surface area contributed by atoms with E-state index < -0.39 is 0 Å². The van der Waals surface area contributed by atoms with Crippen LogP contribution in [0, 0.1) is 5.92 Å². The number of amides is 1. The van der Waals surface area contributed by atoms with Crippen LogP contribution >= 0.6 is 11.3 Å². The quantitative estimate of drug-likeness (QED) is 0.895. The molecule has 5 heteroatoms. The lowest BCUT2D eigenvalue weighted by Crippen LogP contribution is -2.48. The average Bonchev–Trinajstić information content (AvgIpc) is 3.05. The number of thiophene rings is 1. The first kappa shape index (κ1) is 16.5. The number of hydrogen-bond donors (Lipinski definition) is 1. The van der Waals surface area contributed by atoms with Crippen LogP contribution in [0.5, 0.6) is 5.75 Å². The molecule has 1 saturated heterocycles. The van der Waals surface area contributed by atoms with Crippen molar-refractivity contribution in [2.75, 3.05) is 31.1 Å². The first-order valence-corrected chi connectivity index (χ1v) is 9.86. The number of fused-ring (bicyclic) bond motifs is 1. The molecule has 0 bridgehead atoms. The second kappa shape index (κ2) is 6.71. The maximum absolute atomic E-state index is 12.9. The average molecular weight is 356 g/mol. The van der Waals surface area contributed by atoms with Gasteiger partial charge in [-0.25, -0.2) is 0 Å². The van der Waals surface area contributed by atoms with Crippen molar-refractivity contribution in [3.05, 3.63) is 45.6 Å². The van der Waals surface area contributed by atoms with Crippen LogP contribution in [0.4, 0.5) is 5.69 Å². The minimum Gasteiger partial charge on any atom is -0.508 e. The minimum absolute atomic E-state index is 0.192. The molecule has 2 heterocycles. The van der Waals surface area contributed by atoms with Gasteiger partial charge in [0, 0.05) is 36.7 Å². The first-order valence-electron chi connectivity index (χ1n) is 9.05. The summed E-state index contributed by atoms with van der Waals surface area (Å²) in [5, 5.41) is 9.41. The molecule has 25 heavy (non-hydrogen) atoms. The molecule has 1 aliphatic heterocycles. The van der Waals surface area contributed by atoms with Crippen LogP contribution in [-0.4, -0.2) is 42.1 Å². The summed E-state index contributed by atoms with van der Waals surface area (Å²) in [5.41, 5.74) is 2.50. The molecule has 132 valence electrons. The standard InChI is InChI=1S/C20H24N2O2S/c1-14-2-7-18-15(12-14)13-19(25-18)20(24)22-10-8-21(9-11-22)16-3-5-17(23)6-4-16/h3-6,13-14,23H,2,7-12H2,1H3. The largest absolute Gasteiger partial charge is 0.508 e. The molecule has 1 aromatic carbocycles. The minimum atomic E-state index is 0.192. The molecule has 2 aliphatic rings.